The van der Waals surface area contributed by atoms with Gasteiger partial charge in [0.05, 0.1) is 5.92 Å². The summed E-state index contributed by atoms with van der Waals surface area (Å²) in [4.78, 5) is 11.6. The molecular formula is C15H19F3N2O2. The van der Waals surface area contributed by atoms with E-state index in [1.807, 2.05) is 18.2 Å². The Hall–Kier alpha value is -1.76. The van der Waals surface area contributed by atoms with Crippen molar-refractivity contribution in [3.8, 4) is 0 Å². The van der Waals surface area contributed by atoms with E-state index in [1.165, 1.54) is 0 Å². The molecule has 122 valence electrons. The summed E-state index contributed by atoms with van der Waals surface area (Å²) in [6.45, 7) is 0.494. The summed E-state index contributed by atoms with van der Waals surface area (Å²) < 4.78 is 43.7. The minimum atomic E-state index is -4.26. The predicted molar refractivity (Wildman–Crippen MR) is 75.2 cm³/mol. The molecule has 0 bridgehead atoms. The fourth-order valence-corrected chi connectivity index (χ4v) is 2.53. The van der Waals surface area contributed by atoms with Gasteiger partial charge in [-0.3, -0.25) is 0 Å². The number of nitrogens with one attached hydrogen (secondary N) is 2. The van der Waals surface area contributed by atoms with Crippen LogP contribution < -0.4 is 10.6 Å². The van der Waals surface area contributed by atoms with E-state index in [9.17, 15) is 18.0 Å². The maximum absolute atomic E-state index is 12.9. The van der Waals surface area contributed by atoms with Gasteiger partial charge < -0.3 is 15.4 Å². The molecule has 1 aromatic rings. The number of benzene rings is 1. The fraction of sp³-hybridized carbons (Fsp3) is 0.533. The summed E-state index contributed by atoms with van der Waals surface area (Å²) in [6.07, 6.45) is -4.57. The van der Waals surface area contributed by atoms with Gasteiger partial charge in [0.2, 0.25) is 0 Å². The highest BCUT2D eigenvalue weighted by Crippen LogP contribution is 2.34. The van der Waals surface area contributed by atoms with Gasteiger partial charge in [-0.1, -0.05) is 30.3 Å². The lowest BCUT2D eigenvalue weighted by Gasteiger charge is -2.33. The minimum absolute atomic E-state index is 0.0283. The molecule has 4 nitrogen and oxygen atoms in total. The molecule has 0 aromatic heterocycles. The second kappa shape index (κ2) is 7.49. The van der Waals surface area contributed by atoms with Crippen molar-refractivity contribution in [2.24, 2.45) is 11.8 Å². The molecule has 1 fully saturated rings. The maximum Gasteiger partial charge on any atom is 0.407 e. The number of ether oxygens (including phenoxy) is 1. The zero-order valence-electron chi connectivity index (χ0n) is 12.0. The lowest BCUT2D eigenvalue weighted by molar-refractivity contribution is -0.191. The number of hydrogen-bond acceptors (Lipinski definition) is 3. The van der Waals surface area contributed by atoms with Crippen molar-refractivity contribution in [1.82, 2.24) is 10.6 Å². The highest BCUT2D eigenvalue weighted by molar-refractivity contribution is 5.67. The topological polar surface area (TPSA) is 50.4 Å². The Morgan fingerprint density at radius 1 is 1.32 bits per heavy atom. The molecule has 1 aliphatic heterocycles. The van der Waals surface area contributed by atoms with Crippen molar-refractivity contribution in [1.29, 1.82) is 0 Å². The van der Waals surface area contributed by atoms with Crippen LogP contribution in [0.2, 0.25) is 0 Å². The van der Waals surface area contributed by atoms with Gasteiger partial charge in [-0.05, 0) is 24.4 Å². The lowest BCUT2D eigenvalue weighted by atomic mass is 9.86. The van der Waals surface area contributed by atoms with Crippen LogP contribution in [-0.4, -0.2) is 31.9 Å². The van der Waals surface area contributed by atoms with Crippen LogP contribution in [0.15, 0.2) is 30.3 Å². The first-order chi connectivity index (χ1) is 10.5. The van der Waals surface area contributed by atoms with Crippen LogP contribution in [0, 0.1) is 11.8 Å². The molecule has 0 radical (unpaired) electrons. The van der Waals surface area contributed by atoms with Crippen LogP contribution in [0.1, 0.15) is 12.0 Å². The number of alkyl halides is 3. The van der Waals surface area contributed by atoms with Crippen molar-refractivity contribution in [3.63, 3.8) is 0 Å². The van der Waals surface area contributed by atoms with Gasteiger partial charge in [0.1, 0.15) is 6.61 Å². The molecule has 22 heavy (non-hydrogen) atoms. The Labute approximate surface area is 127 Å². The third-order valence-electron chi connectivity index (χ3n) is 3.77. The second-order valence-electron chi connectivity index (χ2n) is 5.34. The smallest absolute Gasteiger partial charge is 0.407 e. The number of alkyl carbamates (subject to hydrolysis) is 1. The summed E-state index contributed by atoms with van der Waals surface area (Å²) in [5, 5.41) is 5.18. The summed E-state index contributed by atoms with van der Waals surface area (Å²) in [7, 11) is 0. The SMILES string of the molecule is O=C(NC[C@H]1CCNC[C@H]1C(F)(F)F)OCc1ccccc1. The van der Waals surface area contributed by atoms with Crippen LogP contribution in [0.5, 0.6) is 0 Å². The molecule has 2 rings (SSSR count). The van der Waals surface area contributed by atoms with Crippen LogP contribution in [-0.2, 0) is 11.3 Å². The fourth-order valence-electron chi connectivity index (χ4n) is 2.53. The summed E-state index contributed by atoms with van der Waals surface area (Å²) in [6, 6.07) is 9.09. The van der Waals surface area contributed by atoms with E-state index < -0.39 is 24.1 Å². The molecule has 1 saturated heterocycles. The van der Waals surface area contributed by atoms with Crippen LogP contribution in [0.25, 0.3) is 0 Å². The van der Waals surface area contributed by atoms with Gasteiger partial charge in [-0.25, -0.2) is 4.79 Å². The zero-order valence-corrected chi connectivity index (χ0v) is 12.0. The third-order valence-corrected chi connectivity index (χ3v) is 3.77. The lowest BCUT2D eigenvalue weighted by Crippen LogP contribution is -2.48. The van der Waals surface area contributed by atoms with Crippen LogP contribution in [0.3, 0.4) is 0 Å². The van der Waals surface area contributed by atoms with Gasteiger partial charge in [0.25, 0.3) is 0 Å². The molecule has 1 aromatic carbocycles. The van der Waals surface area contributed by atoms with Gasteiger partial charge >= 0.3 is 12.3 Å². The largest absolute Gasteiger partial charge is 0.445 e. The molecule has 0 unspecified atom stereocenters. The molecule has 2 N–H and O–H groups in total. The van der Waals surface area contributed by atoms with Crippen molar-refractivity contribution in [2.75, 3.05) is 19.6 Å². The molecule has 0 saturated carbocycles. The Morgan fingerprint density at radius 2 is 2.05 bits per heavy atom. The van der Waals surface area contributed by atoms with Crippen molar-refractivity contribution >= 4 is 6.09 Å². The average molecular weight is 316 g/mol. The van der Waals surface area contributed by atoms with Crippen LogP contribution >= 0.6 is 0 Å². The summed E-state index contributed by atoms with van der Waals surface area (Å²) >= 11 is 0. The standard InChI is InChI=1S/C15H19F3N2O2/c16-15(17,18)13-9-19-7-6-12(13)8-20-14(21)22-10-11-4-2-1-3-5-11/h1-5,12-13,19H,6-10H2,(H,20,21)/t12-,13-/m1/s1. The van der Waals surface area contributed by atoms with Crippen LogP contribution in [0.4, 0.5) is 18.0 Å². The van der Waals surface area contributed by atoms with E-state index in [-0.39, 0.29) is 19.7 Å². The van der Waals surface area contributed by atoms with Gasteiger partial charge in [-0.15, -0.1) is 0 Å². The summed E-state index contributed by atoms with van der Waals surface area (Å²) in [5.74, 6) is -2.05. The number of carbonyl (C=O) groups excluding carboxylic acids is 1. The average Bonchev–Trinajstić information content (AvgIpc) is 2.51. The number of halogens is 3. The van der Waals surface area contributed by atoms with Crippen molar-refractivity contribution in [2.45, 2.75) is 19.2 Å². The Kier molecular flexibility index (Phi) is 5.65. The minimum Gasteiger partial charge on any atom is -0.445 e. The van der Waals surface area contributed by atoms with Crippen molar-refractivity contribution < 1.29 is 22.7 Å². The molecule has 1 aliphatic rings. The Balaban J connectivity index is 1.77. The van der Waals surface area contributed by atoms with E-state index in [0.717, 1.165) is 5.56 Å². The molecule has 0 aliphatic carbocycles. The molecule has 1 amide bonds. The summed E-state index contributed by atoms with van der Waals surface area (Å²) in [5.41, 5.74) is 0.827. The molecular weight excluding hydrogens is 297 g/mol. The first kappa shape index (κ1) is 16.6. The highest BCUT2D eigenvalue weighted by atomic mass is 19.4. The Morgan fingerprint density at radius 3 is 2.73 bits per heavy atom. The highest BCUT2D eigenvalue weighted by Gasteiger charge is 2.45. The molecule has 7 heteroatoms. The number of carbonyl (C=O) groups is 1. The molecule has 1 heterocycles. The third kappa shape index (κ3) is 4.91. The van der Waals surface area contributed by atoms with E-state index >= 15 is 0 Å². The number of hydrogen-bond donors (Lipinski definition) is 2. The first-order valence-corrected chi connectivity index (χ1v) is 7.19. The zero-order chi connectivity index (χ0) is 16.0. The number of rotatable bonds is 4. The number of amides is 1. The van der Waals surface area contributed by atoms with E-state index in [1.54, 1.807) is 12.1 Å². The first-order valence-electron chi connectivity index (χ1n) is 7.19. The quantitative estimate of drug-likeness (QED) is 0.898. The molecule has 0 spiro atoms. The molecule has 2 atom stereocenters. The van der Waals surface area contributed by atoms with Gasteiger partial charge in [-0.2, -0.15) is 13.2 Å². The van der Waals surface area contributed by atoms with Crippen molar-refractivity contribution in [3.05, 3.63) is 35.9 Å². The van der Waals surface area contributed by atoms with E-state index in [4.69, 9.17) is 4.74 Å². The Bertz CT molecular complexity index is 479. The second-order valence-corrected chi connectivity index (χ2v) is 5.34. The van der Waals surface area contributed by atoms with Gasteiger partial charge in [0, 0.05) is 13.1 Å². The normalized spacial score (nSPS) is 22.1. The predicted octanol–water partition coefficient (Wildman–Crippen LogP) is 2.70. The number of piperidine rings is 1. The monoisotopic (exact) mass is 316 g/mol. The van der Waals surface area contributed by atoms with E-state index in [2.05, 4.69) is 10.6 Å². The maximum atomic E-state index is 12.9. The van der Waals surface area contributed by atoms with E-state index in [0.29, 0.717) is 13.0 Å². The van der Waals surface area contributed by atoms with Gasteiger partial charge in [0.15, 0.2) is 0 Å².